The van der Waals surface area contributed by atoms with Gasteiger partial charge in [0.05, 0.1) is 0 Å². The average Bonchev–Trinajstić information content (AvgIpc) is 3.28. The van der Waals surface area contributed by atoms with Crippen molar-refractivity contribution >= 4 is 28.3 Å². The number of likely N-dealkylation sites (tertiary alicyclic amines) is 1. The largest absolute Gasteiger partial charge is 0.345 e. The minimum absolute atomic E-state index is 0.0244. The van der Waals surface area contributed by atoms with Crippen molar-refractivity contribution in [2.24, 2.45) is 5.92 Å². The summed E-state index contributed by atoms with van der Waals surface area (Å²) < 4.78 is 13.0. The van der Waals surface area contributed by atoms with E-state index in [1.807, 2.05) is 10.3 Å². The van der Waals surface area contributed by atoms with E-state index in [4.69, 9.17) is 0 Å². The summed E-state index contributed by atoms with van der Waals surface area (Å²) in [6, 6.07) is 5.62. The Hall–Kier alpha value is -2.48. The van der Waals surface area contributed by atoms with Crippen molar-refractivity contribution < 1.29 is 14.0 Å². The number of benzene rings is 1. The fourth-order valence-electron chi connectivity index (χ4n) is 3.85. The fraction of sp³-hybridized carbons (Fsp3) is 0.450. The number of hydrogen-bond donors (Lipinski definition) is 0. The van der Waals surface area contributed by atoms with Gasteiger partial charge in [0.2, 0.25) is 5.91 Å². The van der Waals surface area contributed by atoms with Crippen LogP contribution in [0.25, 0.3) is 0 Å². The fourth-order valence-corrected chi connectivity index (χ4v) is 4.55. The highest BCUT2D eigenvalue weighted by molar-refractivity contribution is 7.13. The van der Waals surface area contributed by atoms with Crippen molar-refractivity contribution in [3.05, 3.63) is 47.2 Å². The maximum atomic E-state index is 13.0. The highest BCUT2D eigenvalue weighted by atomic mass is 32.1. The van der Waals surface area contributed by atoms with Crippen LogP contribution < -0.4 is 4.90 Å². The average molecular weight is 402 g/mol. The SMILES string of the molecule is O=C(c1ccc(F)cc1)N1CCC(C(=O)N2CCN(c3nccs3)CC2)CC1. The lowest BCUT2D eigenvalue weighted by atomic mass is 9.94. The van der Waals surface area contributed by atoms with Gasteiger partial charge in [-0.05, 0) is 37.1 Å². The van der Waals surface area contributed by atoms with Crippen LogP contribution in [0.4, 0.5) is 9.52 Å². The monoisotopic (exact) mass is 402 g/mol. The summed E-state index contributed by atoms with van der Waals surface area (Å²) >= 11 is 1.62. The number of aromatic nitrogens is 1. The molecular formula is C20H23FN4O2S. The number of piperazine rings is 1. The second kappa shape index (κ2) is 8.26. The zero-order valence-electron chi connectivity index (χ0n) is 15.6. The quantitative estimate of drug-likeness (QED) is 0.792. The van der Waals surface area contributed by atoms with Gasteiger partial charge in [0.15, 0.2) is 5.13 Å². The number of piperidine rings is 1. The van der Waals surface area contributed by atoms with Gasteiger partial charge in [0, 0.05) is 62.3 Å². The predicted molar refractivity (Wildman–Crippen MR) is 106 cm³/mol. The molecule has 0 N–H and O–H groups in total. The third-order valence-corrected chi connectivity index (χ3v) is 6.34. The first-order chi connectivity index (χ1) is 13.6. The molecule has 2 aromatic rings. The van der Waals surface area contributed by atoms with Gasteiger partial charge in [-0.25, -0.2) is 9.37 Å². The predicted octanol–water partition coefficient (Wildman–Crippen LogP) is 2.48. The van der Waals surface area contributed by atoms with E-state index in [1.165, 1.54) is 24.3 Å². The number of nitrogens with zero attached hydrogens (tertiary/aromatic N) is 4. The van der Waals surface area contributed by atoms with Gasteiger partial charge in [0.25, 0.3) is 5.91 Å². The van der Waals surface area contributed by atoms with Crippen LogP contribution in [-0.4, -0.2) is 65.9 Å². The molecule has 0 unspecified atom stereocenters. The Bertz CT molecular complexity index is 811. The first-order valence-electron chi connectivity index (χ1n) is 9.60. The highest BCUT2D eigenvalue weighted by Crippen LogP contribution is 2.24. The molecule has 0 aliphatic carbocycles. The van der Waals surface area contributed by atoms with Gasteiger partial charge in [-0.15, -0.1) is 11.3 Å². The second-order valence-corrected chi connectivity index (χ2v) is 8.07. The number of hydrogen-bond acceptors (Lipinski definition) is 5. The molecule has 2 aliphatic rings. The first kappa shape index (κ1) is 18.9. The van der Waals surface area contributed by atoms with E-state index in [0.717, 1.165) is 18.2 Å². The third-order valence-electron chi connectivity index (χ3n) is 5.50. The molecule has 2 fully saturated rings. The van der Waals surface area contributed by atoms with E-state index in [-0.39, 0.29) is 23.5 Å². The van der Waals surface area contributed by atoms with Crippen molar-refractivity contribution in [3.63, 3.8) is 0 Å². The molecule has 28 heavy (non-hydrogen) atoms. The van der Waals surface area contributed by atoms with Gasteiger partial charge in [-0.3, -0.25) is 9.59 Å². The molecule has 6 nitrogen and oxygen atoms in total. The lowest BCUT2D eigenvalue weighted by Crippen LogP contribution is -2.52. The van der Waals surface area contributed by atoms with Gasteiger partial charge < -0.3 is 14.7 Å². The minimum atomic E-state index is -0.351. The van der Waals surface area contributed by atoms with Crippen molar-refractivity contribution in [1.29, 1.82) is 0 Å². The van der Waals surface area contributed by atoms with Crippen LogP contribution in [0.2, 0.25) is 0 Å². The summed E-state index contributed by atoms with van der Waals surface area (Å²) in [7, 11) is 0. The van der Waals surface area contributed by atoms with Gasteiger partial charge in [-0.2, -0.15) is 0 Å². The molecule has 8 heteroatoms. The van der Waals surface area contributed by atoms with Gasteiger partial charge in [0.1, 0.15) is 5.82 Å². The number of carbonyl (C=O) groups is 2. The Balaban J connectivity index is 1.27. The smallest absolute Gasteiger partial charge is 0.253 e. The van der Waals surface area contributed by atoms with E-state index >= 15 is 0 Å². The van der Waals surface area contributed by atoms with E-state index in [0.29, 0.717) is 44.6 Å². The molecule has 2 saturated heterocycles. The maximum absolute atomic E-state index is 13.0. The van der Waals surface area contributed by atoms with E-state index in [2.05, 4.69) is 9.88 Å². The van der Waals surface area contributed by atoms with Crippen LogP contribution in [0.1, 0.15) is 23.2 Å². The van der Waals surface area contributed by atoms with Crippen molar-refractivity contribution in [1.82, 2.24) is 14.8 Å². The van der Waals surface area contributed by atoms with Crippen LogP contribution in [-0.2, 0) is 4.79 Å². The molecule has 0 spiro atoms. The topological polar surface area (TPSA) is 56.8 Å². The molecule has 0 radical (unpaired) electrons. The van der Waals surface area contributed by atoms with E-state index < -0.39 is 0 Å². The van der Waals surface area contributed by atoms with Gasteiger partial charge >= 0.3 is 0 Å². The molecule has 3 heterocycles. The Morgan fingerprint density at radius 2 is 1.64 bits per heavy atom. The van der Waals surface area contributed by atoms with Crippen molar-refractivity contribution in [2.45, 2.75) is 12.8 Å². The summed E-state index contributed by atoms with van der Waals surface area (Å²) in [5.74, 6) is -0.268. The summed E-state index contributed by atoms with van der Waals surface area (Å²) in [5, 5.41) is 2.98. The number of thiazole rings is 1. The van der Waals surface area contributed by atoms with Crippen LogP contribution in [0.3, 0.4) is 0 Å². The molecular weight excluding hydrogens is 379 g/mol. The molecule has 2 aliphatic heterocycles. The first-order valence-corrected chi connectivity index (χ1v) is 10.5. The Labute approximate surface area is 167 Å². The molecule has 1 aromatic heterocycles. The molecule has 4 rings (SSSR count). The normalized spacial score (nSPS) is 18.4. The molecule has 2 amide bonds. The lowest BCUT2D eigenvalue weighted by molar-refractivity contribution is -0.137. The zero-order chi connectivity index (χ0) is 19.5. The highest BCUT2D eigenvalue weighted by Gasteiger charge is 2.32. The molecule has 0 atom stereocenters. The summed E-state index contributed by atoms with van der Waals surface area (Å²) in [6.45, 7) is 4.17. The summed E-state index contributed by atoms with van der Waals surface area (Å²) in [4.78, 5) is 35.7. The van der Waals surface area contributed by atoms with Crippen LogP contribution in [0.15, 0.2) is 35.8 Å². The summed E-state index contributed by atoms with van der Waals surface area (Å²) in [5.41, 5.74) is 0.490. The van der Waals surface area contributed by atoms with Gasteiger partial charge in [-0.1, -0.05) is 0 Å². The Kier molecular flexibility index (Phi) is 5.57. The van der Waals surface area contributed by atoms with Crippen LogP contribution >= 0.6 is 11.3 Å². The molecule has 1 aromatic carbocycles. The van der Waals surface area contributed by atoms with Crippen LogP contribution in [0, 0.1) is 11.7 Å². The summed E-state index contributed by atoms with van der Waals surface area (Å²) in [6.07, 6.45) is 3.16. The Morgan fingerprint density at radius 3 is 2.25 bits per heavy atom. The molecule has 0 saturated carbocycles. The molecule has 148 valence electrons. The van der Waals surface area contributed by atoms with E-state index in [9.17, 15) is 14.0 Å². The lowest BCUT2D eigenvalue weighted by Gasteiger charge is -2.38. The number of carbonyl (C=O) groups excluding carboxylic acids is 2. The van der Waals surface area contributed by atoms with Crippen molar-refractivity contribution in [2.75, 3.05) is 44.2 Å². The van der Waals surface area contributed by atoms with E-state index in [1.54, 1.807) is 22.4 Å². The number of anilines is 1. The Morgan fingerprint density at radius 1 is 0.964 bits per heavy atom. The second-order valence-electron chi connectivity index (χ2n) is 7.20. The minimum Gasteiger partial charge on any atom is -0.345 e. The third kappa shape index (κ3) is 4.01. The standard InChI is InChI=1S/C20H23FN4O2S/c21-17-3-1-15(2-4-17)18(26)23-8-5-16(6-9-23)19(27)24-10-12-25(13-11-24)20-22-7-14-28-20/h1-4,7,14,16H,5-6,8-13H2. The maximum Gasteiger partial charge on any atom is 0.253 e. The van der Waals surface area contributed by atoms with Crippen LogP contribution in [0.5, 0.6) is 0 Å². The number of halogens is 1. The zero-order valence-corrected chi connectivity index (χ0v) is 16.4. The number of rotatable bonds is 3. The number of amides is 2. The molecule has 0 bridgehead atoms. The van der Waals surface area contributed by atoms with Crippen molar-refractivity contribution in [3.8, 4) is 0 Å².